The molecule has 17 heavy (non-hydrogen) atoms. The number of nitrogens with zero attached hydrogens (tertiary/aromatic N) is 1. The Kier molecular flexibility index (Phi) is 3.42. The third-order valence-electron chi connectivity index (χ3n) is 3.67. The van der Waals surface area contributed by atoms with Crippen molar-refractivity contribution in [3.05, 3.63) is 17.1 Å². The van der Waals surface area contributed by atoms with E-state index in [-0.39, 0.29) is 11.6 Å². The molecule has 3 rings (SSSR count). The van der Waals surface area contributed by atoms with Gasteiger partial charge in [0.05, 0.1) is 18.2 Å². The van der Waals surface area contributed by atoms with E-state index in [0.717, 1.165) is 45.6 Å². The van der Waals surface area contributed by atoms with Gasteiger partial charge in [0.2, 0.25) is 0 Å². The van der Waals surface area contributed by atoms with Crippen LogP contribution in [0.4, 0.5) is 0 Å². The molecule has 5 heteroatoms. The third kappa shape index (κ3) is 2.25. The normalized spacial score (nSPS) is 34.7. The summed E-state index contributed by atoms with van der Waals surface area (Å²) < 4.78 is 15.9. The quantitative estimate of drug-likeness (QED) is 0.829. The lowest BCUT2D eigenvalue weighted by molar-refractivity contribution is -0.108. The zero-order chi connectivity index (χ0) is 11.6. The van der Waals surface area contributed by atoms with E-state index in [1.807, 2.05) is 6.20 Å². The van der Waals surface area contributed by atoms with Crippen LogP contribution in [0.5, 0.6) is 0 Å². The van der Waals surface area contributed by atoms with Crippen molar-refractivity contribution in [1.29, 1.82) is 0 Å². The van der Waals surface area contributed by atoms with E-state index in [1.54, 1.807) is 11.5 Å². The molecule has 2 unspecified atom stereocenters. The number of hydrogen-bond acceptors (Lipinski definition) is 5. The van der Waals surface area contributed by atoms with Gasteiger partial charge < -0.3 is 14.8 Å². The van der Waals surface area contributed by atoms with Crippen LogP contribution in [0.1, 0.15) is 30.2 Å². The molecule has 94 valence electrons. The second-order valence-corrected chi connectivity index (χ2v) is 5.55. The highest BCUT2D eigenvalue weighted by Crippen LogP contribution is 2.40. The molecule has 3 heterocycles. The Morgan fingerprint density at radius 1 is 1.35 bits per heavy atom. The van der Waals surface area contributed by atoms with Gasteiger partial charge in [-0.15, -0.1) is 0 Å². The van der Waals surface area contributed by atoms with Gasteiger partial charge in [0, 0.05) is 37.3 Å². The van der Waals surface area contributed by atoms with E-state index in [4.69, 9.17) is 9.47 Å². The molecule has 0 amide bonds. The largest absolute Gasteiger partial charge is 0.381 e. The fourth-order valence-corrected chi connectivity index (χ4v) is 3.61. The molecule has 1 spiro atoms. The molecule has 0 aromatic carbocycles. The van der Waals surface area contributed by atoms with Gasteiger partial charge in [0.1, 0.15) is 0 Å². The van der Waals surface area contributed by atoms with Crippen LogP contribution >= 0.6 is 11.5 Å². The van der Waals surface area contributed by atoms with E-state index in [1.165, 1.54) is 4.88 Å². The van der Waals surface area contributed by atoms with Gasteiger partial charge in [0.15, 0.2) is 0 Å². The molecule has 2 aliphatic rings. The maximum Gasteiger partial charge on any atom is 0.0908 e. The summed E-state index contributed by atoms with van der Waals surface area (Å²) in [4.78, 5) is 1.28. The highest BCUT2D eigenvalue weighted by molar-refractivity contribution is 7.05. The third-order valence-corrected chi connectivity index (χ3v) is 4.48. The van der Waals surface area contributed by atoms with Crippen molar-refractivity contribution in [2.45, 2.75) is 30.9 Å². The Balaban J connectivity index is 1.87. The fraction of sp³-hybridized carbons (Fsp3) is 0.750. The average molecular weight is 254 g/mol. The zero-order valence-electron chi connectivity index (χ0n) is 9.85. The van der Waals surface area contributed by atoms with Gasteiger partial charge in [-0.3, -0.25) is 0 Å². The van der Waals surface area contributed by atoms with Crippen LogP contribution in [0.3, 0.4) is 0 Å². The van der Waals surface area contributed by atoms with Crippen molar-refractivity contribution in [2.24, 2.45) is 0 Å². The van der Waals surface area contributed by atoms with Crippen molar-refractivity contribution in [2.75, 3.05) is 26.4 Å². The van der Waals surface area contributed by atoms with Gasteiger partial charge in [0.25, 0.3) is 0 Å². The zero-order valence-corrected chi connectivity index (χ0v) is 10.7. The predicted octanol–water partition coefficient (Wildman–Crippen LogP) is 1.74. The van der Waals surface area contributed by atoms with Gasteiger partial charge in [-0.1, -0.05) is 0 Å². The number of morpholine rings is 1. The minimum absolute atomic E-state index is 0.0821. The molecular formula is C12H18N2O2S. The molecule has 2 saturated heterocycles. The van der Waals surface area contributed by atoms with Crippen LogP contribution in [0.15, 0.2) is 12.3 Å². The first-order chi connectivity index (χ1) is 8.41. The summed E-state index contributed by atoms with van der Waals surface area (Å²) in [5.41, 5.74) is -0.0821. The Morgan fingerprint density at radius 2 is 2.35 bits per heavy atom. The maximum absolute atomic E-state index is 6.16. The van der Waals surface area contributed by atoms with Crippen molar-refractivity contribution < 1.29 is 9.47 Å². The monoisotopic (exact) mass is 254 g/mol. The standard InChI is InChI=1S/C12H18N2O2S/c1-3-12(4-8-15-7-1)11(13-6-9-16-12)10-2-5-14-17-10/h2,5,11,13H,1,3-4,6-9H2. The predicted molar refractivity (Wildman–Crippen MR) is 66.2 cm³/mol. The topological polar surface area (TPSA) is 43.4 Å². The van der Waals surface area contributed by atoms with Crippen LogP contribution in [0.2, 0.25) is 0 Å². The molecular weight excluding hydrogens is 236 g/mol. The van der Waals surface area contributed by atoms with E-state index in [0.29, 0.717) is 0 Å². The van der Waals surface area contributed by atoms with Crippen molar-refractivity contribution in [3.63, 3.8) is 0 Å². The van der Waals surface area contributed by atoms with E-state index in [9.17, 15) is 0 Å². The molecule has 2 atom stereocenters. The second-order valence-electron chi connectivity index (χ2n) is 4.68. The first-order valence-corrected chi connectivity index (χ1v) is 7.04. The minimum Gasteiger partial charge on any atom is -0.381 e. The average Bonchev–Trinajstić information content (AvgIpc) is 2.79. The summed E-state index contributed by atoms with van der Waals surface area (Å²) in [6.45, 7) is 3.39. The van der Waals surface area contributed by atoms with Crippen LogP contribution in [-0.4, -0.2) is 36.3 Å². The van der Waals surface area contributed by atoms with Gasteiger partial charge >= 0.3 is 0 Å². The maximum atomic E-state index is 6.16. The second kappa shape index (κ2) is 5.02. The summed E-state index contributed by atoms with van der Waals surface area (Å²) in [5, 5.41) is 3.60. The van der Waals surface area contributed by atoms with Gasteiger partial charge in [-0.2, -0.15) is 0 Å². The number of nitrogens with one attached hydrogen (secondary N) is 1. The first-order valence-electron chi connectivity index (χ1n) is 6.26. The van der Waals surface area contributed by atoms with E-state index in [2.05, 4.69) is 15.8 Å². The van der Waals surface area contributed by atoms with Gasteiger partial charge in [-0.25, -0.2) is 4.37 Å². The lowest BCUT2D eigenvalue weighted by Gasteiger charge is -2.43. The number of ether oxygens (including phenoxy) is 2. The lowest BCUT2D eigenvalue weighted by atomic mass is 9.84. The van der Waals surface area contributed by atoms with Crippen LogP contribution in [0.25, 0.3) is 0 Å². The highest BCUT2D eigenvalue weighted by Gasteiger charge is 2.43. The van der Waals surface area contributed by atoms with Crippen molar-refractivity contribution >= 4 is 11.5 Å². The van der Waals surface area contributed by atoms with Crippen LogP contribution in [0, 0.1) is 0 Å². The number of aromatic nitrogens is 1. The summed E-state index contributed by atoms with van der Waals surface area (Å²) >= 11 is 1.57. The smallest absolute Gasteiger partial charge is 0.0908 e. The minimum atomic E-state index is -0.0821. The Labute approximate surface area is 105 Å². The molecule has 4 nitrogen and oxygen atoms in total. The Morgan fingerprint density at radius 3 is 3.24 bits per heavy atom. The molecule has 1 aromatic heterocycles. The highest BCUT2D eigenvalue weighted by atomic mass is 32.1. The van der Waals surface area contributed by atoms with E-state index >= 15 is 0 Å². The Bertz CT molecular complexity index is 347. The summed E-state index contributed by atoms with van der Waals surface area (Å²) in [7, 11) is 0. The van der Waals surface area contributed by atoms with Crippen LogP contribution in [-0.2, 0) is 9.47 Å². The van der Waals surface area contributed by atoms with Crippen LogP contribution < -0.4 is 5.32 Å². The molecule has 0 radical (unpaired) electrons. The summed E-state index contributed by atoms with van der Waals surface area (Å²) in [6.07, 6.45) is 5.00. The fourth-order valence-electron chi connectivity index (χ4n) is 2.84. The SMILES string of the molecule is c1cc(C2NCCOC23CCCOCC3)sn1. The van der Waals surface area contributed by atoms with Gasteiger partial charge in [-0.05, 0) is 30.4 Å². The summed E-state index contributed by atoms with van der Waals surface area (Å²) in [5.74, 6) is 0. The first kappa shape index (κ1) is 11.6. The number of hydrogen-bond donors (Lipinski definition) is 1. The molecule has 2 aliphatic heterocycles. The van der Waals surface area contributed by atoms with E-state index < -0.39 is 0 Å². The molecule has 1 N–H and O–H groups in total. The molecule has 0 saturated carbocycles. The lowest BCUT2D eigenvalue weighted by Crippen LogP contribution is -2.52. The van der Waals surface area contributed by atoms with Crippen molar-refractivity contribution in [1.82, 2.24) is 9.69 Å². The number of rotatable bonds is 1. The summed E-state index contributed by atoms with van der Waals surface area (Å²) in [6, 6.07) is 2.38. The molecule has 0 bridgehead atoms. The molecule has 0 aliphatic carbocycles. The molecule has 2 fully saturated rings. The Hall–Kier alpha value is -0.490. The molecule has 1 aromatic rings. The van der Waals surface area contributed by atoms with Crippen molar-refractivity contribution in [3.8, 4) is 0 Å².